The molecule has 1 aliphatic rings. The van der Waals surface area contributed by atoms with Gasteiger partial charge in [0.25, 0.3) is 0 Å². The molecule has 0 spiro atoms. The second-order valence-electron chi connectivity index (χ2n) is 24.0. The molecule has 3 heterocycles. The van der Waals surface area contributed by atoms with Crippen LogP contribution in [0.1, 0.15) is 129 Å². The number of para-hydroxylation sites is 1. The molecule has 0 aliphatic carbocycles. The van der Waals surface area contributed by atoms with Crippen LogP contribution in [0.4, 0.5) is 22.7 Å². The molecule has 10 rings (SSSR count). The molecular formula is C66H70N4O. The summed E-state index contributed by atoms with van der Waals surface area (Å²) in [4.78, 5) is 9.97. The van der Waals surface area contributed by atoms with Crippen LogP contribution in [0.15, 0.2) is 176 Å². The van der Waals surface area contributed by atoms with Gasteiger partial charge in [-0.1, -0.05) is 181 Å². The third-order valence-electron chi connectivity index (χ3n) is 15.2. The molecule has 0 unspecified atom stereocenters. The Balaban J connectivity index is 1.11. The second-order valence-corrected chi connectivity index (χ2v) is 24.0. The number of pyridine rings is 1. The van der Waals surface area contributed by atoms with Crippen molar-refractivity contribution in [1.82, 2.24) is 9.55 Å². The quantitative estimate of drug-likeness (QED) is 0.144. The summed E-state index contributed by atoms with van der Waals surface area (Å²) in [6.45, 7) is 30.6. The molecule has 5 nitrogen and oxygen atoms in total. The van der Waals surface area contributed by atoms with E-state index in [1.54, 1.807) is 0 Å². The smallest absolute Gasteiger partial charge is 0.137 e. The summed E-state index contributed by atoms with van der Waals surface area (Å²) in [5, 5.41) is 2.35. The fourth-order valence-electron chi connectivity index (χ4n) is 10.3. The molecule has 2 aromatic heterocycles. The van der Waals surface area contributed by atoms with E-state index in [1.165, 1.54) is 55.7 Å². The van der Waals surface area contributed by atoms with Gasteiger partial charge in [-0.05, 0) is 122 Å². The molecule has 0 radical (unpaired) electrons. The predicted octanol–water partition coefficient (Wildman–Crippen LogP) is 17.8. The molecule has 0 amide bonds. The summed E-state index contributed by atoms with van der Waals surface area (Å²) >= 11 is 0. The summed E-state index contributed by atoms with van der Waals surface area (Å²) in [6.07, 6.45) is 1.94. The SMILES string of the molecule is CC(C)(C)c1cc(Oc2ccc3c4ccccc4n(-c4cc(C(C)(C)C)ccn4)c3c2)cc(N2CN(c3cc(C(C)(C)C)cc(C(C)(C)c4ccccc4)c3)c3cc(C(C)(C)c4ccccc4)ccc32)c1. The molecule has 7 aromatic carbocycles. The molecule has 1 aliphatic heterocycles. The van der Waals surface area contributed by atoms with Gasteiger partial charge in [0.2, 0.25) is 0 Å². The fraction of sp³-hybridized carbons (Fsp3) is 0.288. The Morgan fingerprint density at radius 1 is 0.380 bits per heavy atom. The average Bonchev–Trinajstić information content (AvgIpc) is 3.89. The lowest BCUT2D eigenvalue weighted by atomic mass is 9.75. The normalized spacial score (nSPS) is 13.6. The maximum absolute atomic E-state index is 7.07. The minimum absolute atomic E-state index is 0.0207. The highest BCUT2D eigenvalue weighted by molar-refractivity contribution is 6.09. The van der Waals surface area contributed by atoms with Gasteiger partial charge >= 0.3 is 0 Å². The molecule has 0 N–H and O–H groups in total. The highest BCUT2D eigenvalue weighted by Crippen LogP contribution is 2.50. The van der Waals surface area contributed by atoms with Gasteiger partial charge in [-0.3, -0.25) is 4.57 Å². The van der Waals surface area contributed by atoms with Crippen molar-refractivity contribution < 1.29 is 4.74 Å². The van der Waals surface area contributed by atoms with Crippen molar-refractivity contribution in [3.05, 3.63) is 215 Å². The molecule has 360 valence electrons. The number of rotatable bonds is 9. The van der Waals surface area contributed by atoms with E-state index in [9.17, 15) is 0 Å². The van der Waals surface area contributed by atoms with E-state index in [-0.39, 0.29) is 27.1 Å². The molecule has 5 heteroatoms. The zero-order valence-electron chi connectivity index (χ0n) is 44.1. The topological polar surface area (TPSA) is 33.5 Å². The van der Waals surface area contributed by atoms with Gasteiger partial charge in [0.15, 0.2) is 0 Å². The van der Waals surface area contributed by atoms with Crippen LogP contribution in [-0.2, 0) is 27.1 Å². The van der Waals surface area contributed by atoms with E-state index < -0.39 is 0 Å². The lowest BCUT2D eigenvalue weighted by molar-refractivity contribution is 0.479. The average molecular weight is 935 g/mol. The van der Waals surface area contributed by atoms with Crippen LogP contribution >= 0.6 is 0 Å². The minimum atomic E-state index is -0.228. The highest BCUT2D eigenvalue weighted by atomic mass is 16.5. The maximum atomic E-state index is 7.07. The van der Waals surface area contributed by atoms with Crippen LogP contribution in [0.5, 0.6) is 11.5 Å². The Hall–Kier alpha value is -7.11. The molecule has 0 saturated heterocycles. The molecule has 71 heavy (non-hydrogen) atoms. The number of hydrogen-bond donors (Lipinski definition) is 0. The Kier molecular flexibility index (Phi) is 11.6. The van der Waals surface area contributed by atoms with Gasteiger partial charge in [0.05, 0.1) is 22.4 Å². The number of hydrogen-bond acceptors (Lipinski definition) is 4. The molecule has 0 bridgehead atoms. The van der Waals surface area contributed by atoms with Crippen LogP contribution in [-0.4, -0.2) is 16.2 Å². The number of ether oxygens (including phenoxy) is 1. The van der Waals surface area contributed by atoms with E-state index in [1.807, 2.05) is 6.20 Å². The Morgan fingerprint density at radius 2 is 0.930 bits per heavy atom. The molecule has 0 saturated carbocycles. The number of nitrogens with zero attached hydrogens (tertiary/aromatic N) is 4. The number of benzene rings is 7. The van der Waals surface area contributed by atoms with E-state index >= 15 is 0 Å². The largest absolute Gasteiger partial charge is 0.457 e. The summed E-state index contributed by atoms with van der Waals surface area (Å²) in [5.74, 6) is 2.47. The Labute approximate surface area is 422 Å². The van der Waals surface area contributed by atoms with E-state index in [0.717, 1.165) is 45.1 Å². The van der Waals surface area contributed by atoms with Gasteiger partial charge < -0.3 is 14.5 Å². The minimum Gasteiger partial charge on any atom is -0.457 e. The van der Waals surface area contributed by atoms with Crippen LogP contribution < -0.4 is 14.5 Å². The number of aromatic nitrogens is 2. The predicted molar refractivity (Wildman–Crippen MR) is 300 cm³/mol. The van der Waals surface area contributed by atoms with Gasteiger partial charge in [0, 0.05) is 51.3 Å². The zero-order valence-corrected chi connectivity index (χ0v) is 44.1. The first-order valence-electron chi connectivity index (χ1n) is 25.4. The van der Waals surface area contributed by atoms with Crippen molar-refractivity contribution in [3.63, 3.8) is 0 Å². The van der Waals surface area contributed by atoms with Crippen molar-refractivity contribution in [1.29, 1.82) is 0 Å². The van der Waals surface area contributed by atoms with E-state index in [0.29, 0.717) is 6.67 Å². The van der Waals surface area contributed by atoms with Crippen molar-refractivity contribution >= 4 is 44.6 Å². The van der Waals surface area contributed by atoms with Crippen LogP contribution in [0.3, 0.4) is 0 Å². The first-order chi connectivity index (χ1) is 33.6. The first-order valence-corrected chi connectivity index (χ1v) is 25.4. The Morgan fingerprint density at radius 3 is 1.58 bits per heavy atom. The molecule has 0 fully saturated rings. The standard InChI is InChI=1S/C66H70N4O/c1-62(2,3)46-32-33-67-61(40-46)70-57-27-21-20-26-55(57)56-30-29-53(42-59(56)70)71-54-38-49(64(7,8)9)36-52(41-54)68-43-69(60-39-47(28-31-58(60)68)65(10,11)44-22-16-14-17-23-44)51-35-48(63(4,5)6)34-50(37-51)66(12,13)45-24-18-15-19-25-45/h14-42H,43H2,1-13H3. The van der Waals surface area contributed by atoms with Crippen molar-refractivity contribution in [2.45, 2.75) is 117 Å². The third-order valence-corrected chi connectivity index (χ3v) is 15.2. The van der Waals surface area contributed by atoms with E-state index in [4.69, 9.17) is 9.72 Å². The van der Waals surface area contributed by atoms with Gasteiger partial charge in [-0.15, -0.1) is 0 Å². The summed E-state index contributed by atoms with van der Waals surface area (Å²) in [5.41, 5.74) is 15.0. The Bertz CT molecular complexity index is 3430. The number of fused-ring (bicyclic) bond motifs is 4. The molecule has 0 atom stereocenters. The molecule has 9 aromatic rings. The van der Waals surface area contributed by atoms with Gasteiger partial charge in [-0.2, -0.15) is 0 Å². The lowest BCUT2D eigenvalue weighted by Gasteiger charge is -2.32. The zero-order chi connectivity index (χ0) is 50.3. The maximum Gasteiger partial charge on any atom is 0.137 e. The first kappa shape index (κ1) is 47.6. The van der Waals surface area contributed by atoms with Crippen LogP contribution in [0, 0.1) is 0 Å². The van der Waals surface area contributed by atoms with E-state index in [2.05, 4.69) is 274 Å². The van der Waals surface area contributed by atoms with Crippen molar-refractivity contribution in [2.75, 3.05) is 16.5 Å². The van der Waals surface area contributed by atoms with Crippen molar-refractivity contribution in [3.8, 4) is 17.3 Å². The number of anilines is 4. The van der Waals surface area contributed by atoms with Gasteiger partial charge in [0.1, 0.15) is 24.0 Å². The lowest BCUT2D eigenvalue weighted by Crippen LogP contribution is -2.26. The summed E-state index contributed by atoms with van der Waals surface area (Å²) in [7, 11) is 0. The van der Waals surface area contributed by atoms with Crippen LogP contribution in [0.2, 0.25) is 0 Å². The highest BCUT2D eigenvalue weighted by Gasteiger charge is 2.35. The summed E-state index contributed by atoms with van der Waals surface area (Å²) in [6, 6.07) is 62.6. The third kappa shape index (κ3) is 8.90. The second kappa shape index (κ2) is 17.3. The van der Waals surface area contributed by atoms with Gasteiger partial charge in [-0.25, -0.2) is 4.98 Å². The summed E-state index contributed by atoms with van der Waals surface area (Å²) < 4.78 is 9.36. The fourth-order valence-corrected chi connectivity index (χ4v) is 10.3. The monoisotopic (exact) mass is 935 g/mol. The van der Waals surface area contributed by atoms with Crippen LogP contribution in [0.25, 0.3) is 27.6 Å². The van der Waals surface area contributed by atoms with Crippen molar-refractivity contribution in [2.24, 2.45) is 0 Å². The molecular weight excluding hydrogens is 865 g/mol.